The molecule has 0 radical (unpaired) electrons. The number of halogens is 3. The van der Waals surface area contributed by atoms with E-state index >= 15 is 0 Å². The van der Waals surface area contributed by atoms with E-state index in [0.717, 1.165) is 6.07 Å². The molecule has 1 unspecified atom stereocenters. The summed E-state index contributed by atoms with van der Waals surface area (Å²) < 4.78 is 47.2. The maximum atomic E-state index is 13.4. The molecule has 6 nitrogen and oxygen atoms in total. The molecule has 170 valence electrons. The monoisotopic (exact) mass is 446 g/mol. The normalized spacial score (nSPS) is 20.0. The summed E-state index contributed by atoms with van der Waals surface area (Å²) in [6.45, 7) is 7.93. The Morgan fingerprint density at radius 3 is 2.66 bits per heavy atom. The topological polar surface area (TPSA) is 69.0 Å². The molecule has 3 aromatic rings. The van der Waals surface area contributed by atoms with E-state index in [0.29, 0.717) is 47.7 Å². The van der Waals surface area contributed by atoms with Crippen LogP contribution >= 0.6 is 0 Å². The Morgan fingerprint density at radius 1 is 1.25 bits per heavy atom. The highest BCUT2D eigenvalue weighted by molar-refractivity contribution is 5.88. The average molecular weight is 446 g/mol. The smallest absolute Gasteiger partial charge is 0.379 e. The zero-order chi connectivity index (χ0) is 23.3. The van der Waals surface area contributed by atoms with Crippen LogP contribution < -0.4 is 10.9 Å². The van der Waals surface area contributed by atoms with Crippen LogP contribution in [-0.4, -0.2) is 27.7 Å². The van der Waals surface area contributed by atoms with Crippen LogP contribution in [0.15, 0.2) is 35.3 Å². The van der Waals surface area contributed by atoms with Gasteiger partial charge in [-0.05, 0) is 51.3 Å². The Bertz CT molecular complexity index is 1230. The van der Waals surface area contributed by atoms with Crippen molar-refractivity contribution in [2.45, 2.75) is 51.9 Å². The molecule has 1 saturated heterocycles. The summed E-state index contributed by atoms with van der Waals surface area (Å²) in [6, 6.07) is 5.18. The highest BCUT2D eigenvalue weighted by atomic mass is 19.4. The minimum Gasteiger partial charge on any atom is -0.379 e. The number of benzene rings is 1. The van der Waals surface area contributed by atoms with E-state index in [1.165, 1.54) is 19.1 Å². The second-order valence-corrected chi connectivity index (χ2v) is 8.58. The molecule has 3 heterocycles. The Hall–Kier alpha value is -2.94. The second-order valence-electron chi connectivity index (χ2n) is 8.58. The molecule has 32 heavy (non-hydrogen) atoms. The van der Waals surface area contributed by atoms with Crippen molar-refractivity contribution in [1.82, 2.24) is 14.5 Å². The van der Waals surface area contributed by atoms with E-state index in [1.807, 2.05) is 6.92 Å². The van der Waals surface area contributed by atoms with E-state index in [-0.39, 0.29) is 11.1 Å². The number of hydrogen-bond donors (Lipinski definition) is 1. The number of hydrogen-bond acceptors (Lipinski definition) is 5. The summed E-state index contributed by atoms with van der Waals surface area (Å²) in [4.78, 5) is 21.7. The summed E-state index contributed by atoms with van der Waals surface area (Å²) in [6.07, 6.45) is -2.00. The summed E-state index contributed by atoms with van der Waals surface area (Å²) in [5, 5.41) is 3.87. The van der Waals surface area contributed by atoms with Gasteiger partial charge >= 0.3 is 6.18 Å². The molecule has 0 saturated carbocycles. The van der Waals surface area contributed by atoms with Crippen molar-refractivity contribution in [3.63, 3.8) is 0 Å². The molecule has 0 aliphatic carbocycles. The number of aryl methyl sites for hydroxylation is 1. The minimum absolute atomic E-state index is 0.169. The number of aromatic nitrogens is 3. The molecule has 1 N–H and O–H groups in total. The molecular weight excluding hydrogens is 421 g/mol. The third kappa shape index (κ3) is 3.97. The number of fused-ring (bicyclic) bond motifs is 1. The van der Waals surface area contributed by atoms with Gasteiger partial charge in [0.25, 0.3) is 5.56 Å². The molecule has 0 spiro atoms. The standard InChI is InChI=1S/C23H25F3N4O2/c1-13-16(6-5-7-18(13)23(24,25)26)14(2)27-21-17-11-30(22(4)8-9-32-12-22)20(31)10-19(17)28-15(3)29-21/h5-7,10-11,14H,8-9,12H2,1-4H3,(H,27,28,29)/t14-,22?/m1/s1. The van der Waals surface area contributed by atoms with Crippen molar-refractivity contribution in [3.8, 4) is 0 Å². The van der Waals surface area contributed by atoms with Gasteiger partial charge in [0.1, 0.15) is 11.6 Å². The van der Waals surface area contributed by atoms with Gasteiger partial charge in [-0.3, -0.25) is 4.79 Å². The lowest BCUT2D eigenvalue weighted by atomic mass is 9.97. The van der Waals surface area contributed by atoms with Gasteiger partial charge in [0, 0.05) is 18.9 Å². The van der Waals surface area contributed by atoms with Crippen LogP contribution in [0.1, 0.15) is 48.8 Å². The average Bonchev–Trinajstić information content (AvgIpc) is 3.13. The minimum atomic E-state index is -4.42. The molecule has 2 atom stereocenters. The summed E-state index contributed by atoms with van der Waals surface area (Å²) in [5.74, 6) is 0.925. The molecule has 1 aliphatic rings. The van der Waals surface area contributed by atoms with Gasteiger partial charge in [-0.1, -0.05) is 12.1 Å². The van der Waals surface area contributed by atoms with Gasteiger partial charge < -0.3 is 14.6 Å². The zero-order valence-electron chi connectivity index (χ0n) is 18.4. The molecular formula is C23H25F3N4O2. The Kier molecular flexibility index (Phi) is 5.48. The van der Waals surface area contributed by atoms with Crippen molar-refractivity contribution in [3.05, 3.63) is 63.3 Å². The number of anilines is 1. The molecule has 1 aromatic carbocycles. The van der Waals surface area contributed by atoms with E-state index < -0.39 is 23.3 Å². The molecule has 9 heteroatoms. The number of alkyl halides is 3. The highest BCUT2D eigenvalue weighted by Gasteiger charge is 2.34. The van der Waals surface area contributed by atoms with Gasteiger partial charge in [-0.2, -0.15) is 13.2 Å². The number of rotatable bonds is 4. The van der Waals surface area contributed by atoms with E-state index in [9.17, 15) is 18.0 Å². The molecule has 1 fully saturated rings. The van der Waals surface area contributed by atoms with Crippen LogP contribution in [0.4, 0.5) is 19.0 Å². The van der Waals surface area contributed by atoms with Gasteiger partial charge in [0.2, 0.25) is 0 Å². The van der Waals surface area contributed by atoms with Crippen molar-refractivity contribution in [2.75, 3.05) is 18.5 Å². The van der Waals surface area contributed by atoms with Gasteiger partial charge in [0.15, 0.2) is 0 Å². The Balaban J connectivity index is 1.79. The van der Waals surface area contributed by atoms with E-state index in [2.05, 4.69) is 15.3 Å². The van der Waals surface area contributed by atoms with Crippen LogP contribution in [0.3, 0.4) is 0 Å². The van der Waals surface area contributed by atoms with Crippen LogP contribution in [0.5, 0.6) is 0 Å². The highest BCUT2D eigenvalue weighted by Crippen LogP contribution is 2.35. The largest absolute Gasteiger partial charge is 0.416 e. The van der Waals surface area contributed by atoms with Crippen LogP contribution in [0, 0.1) is 13.8 Å². The van der Waals surface area contributed by atoms with Crippen LogP contribution in [-0.2, 0) is 16.5 Å². The third-order valence-corrected chi connectivity index (χ3v) is 6.12. The zero-order valence-corrected chi connectivity index (χ0v) is 18.4. The third-order valence-electron chi connectivity index (χ3n) is 6.12. The predicted molar refractivity (Wildman–Crippen MR) is 116 cm³/mol. The number of ether oxygens (including phenoxy) is 1. The number of pyridine rings is 1. The van der Waals surface area contributed by atoms with Crippen molar-refractivity contribution >= 4 is 16.7 Å². The maximum Gasteiger partial charge on any atom is 0.416 e. The first-order chi connectivity index (χ1) is 15.0. The second kappa shape index (κ2) is 7.88. The lowest BCUT2D eigenvalue weighted by Crippen LogP contribution is -2.38. The molecule has 0 amide bonds. The molecule has 4 rings (SSSR count). The predicted octanol–water partition coefficient (Wildman–Crippen LogP) is 4.74. The van der Waals surface area contributed by atoms with Gasteiger partial charge in [-0.15, -0.1) is 0 Å². The van der Waals surface area contributed by atoms with Gasteiger partial charge in [-0.25, -0.2) is 9.97 Å². The summed E-state index contributed by atoms with van der Waals surface area (Å²) in [7, 11) is 0. The maximum absolute atomic E-state index is 13.4. The fraction of sp³-hybridized carbons (Fsp3) is 0.435. The molecule has 2 aromatic heterocycles. The van der Waals surface area contributed by atoms with Crippen molar-refractivity contribution in [2.24, 2.45) is 0 Å². The molecule has 1 aliphatic heterocycles. The Morgan fingerprint density at radius 2 is 2.00 bits per heavy atom. The lowest BCUT2D eigenvalue weighted by molar-refractivity contribution is -0.138. The lowest BCUT2D eigenvalue weighted by Gasteiger charge is -2.26. The first-order valence-corrected chi connectivity index (χ1v) is 10.4. The Labute approximate surface area is 183 Å². The fourth-order valence-electron chi connectivity index (χ4n) is 4.31. The summed E-state index contributed by atoms with van der Waals surface area (Å²) in [5.41, 5.74) is -0.142. The fourth-order valence-corrected chi connectivity index (χ4v) is 4.31. The van der Waals surface area contributed by atoms with Crippen LogP contribution in [0.2, 0.25) is 0 Å². The number of nitrogens with zero attached hydrogens (tertiary/aromatic N) is 3. The first-order valence-electron chi connectivity index (χ1n) is 10.4. The van der Waals surface area contributed by atoms with E-state index in [1.54, 1.807) is 30.7 Å². The quantitative estimate of drug-likeness (QED) is 0.627. The first kappa shape index (κ1) is 22.3. The van der Waals surface area contributed by atoms with Crippen LogP contribution in [0.25, 0.3) is 10.9 Å². The van der Waals surface area contributed by atoms with Crippen molar-refractivity contribution < 1.29 is 17.9 Å². The number of nitrogens with one attached hydrogen (secondary N) is 1. The van der Waals surface area contributed by atoms with E-state index in [4.69, 9.17) is 4.74 Å². The van der Waals surface area contributed by atoms with Crippen molar-refractivity contribution in [1.29, 1.82) is 0 Å². The SMILES string of the molecule is Cc1nc(N[C@H](C)c2cccc(C(F)(F)F)c2C)c2cn(C3(C)CCOC3)c(=O)cc2n1. The van der Waals surface area contributed by atoms with Gasteiger partial charge in [0.05, 0.1) is 34.7 Å². The summed E-state index contributed by atoms with van der Waals surface area (Å²) >= 11 is 0. The molecule has 0 bridgehead atoms.